The lowest BCUT2D eigenvalue weighted by Crippen LogP contribution is -2.37. The molecule has 0 saturated heterocycles. The summed E-state index contributed by atoms with van der Waals surface area (Å²) in [6.07, 6.45) is 41.9. The minimum absolute atomic E-state index is 0.0251. The molecule has 2 atom stereocenters. The fourth-order valence-electron chi connectivity index (χ4n) is 6.05. The van der Waals surface area contributed by atoms with Crippen molar-refractivity contribution in [3.8, 4) is 0 Å². The number of unbranched alkanes of at least 4 members (excludes halogenated alkanes) is 23. The van der Waals surface area contributed by atoms with Gasteiger partial charge in [0.1, 0.15) is 19.3 Å². The quantitative estimate of drug-likeness (QED) is 0.0201. The second-order valence-corrected chi connectivity index (χ2v) is 17.5. The van der Waals surface area contributed by atoms with Crippen LogP contribution in [0.5, 0.6) is 0 Å². The molecule has 0 saturated carbocycles. The van der Waals surface area contributed by atoms with Crippen LogP contribution in [-0.4, -0.2) is 70.7 Å². The van der Waals surface area contributed by atoms with E-state index in [1.54, 1.807) is 0 Å². The van der Waals surface area contributed by atoms with Crippen LogP contribution in [0.2, 0.25) is 0 Å². The molecule has 0 aliphatic heterocycles. The summed E-state index contributed by atoms with van der Waals surface area (Å²) < 4.78 is 34.6. The Balaban J connectivity index is 4.19. The topological polar surface area (TPSA) is 94.1 Å². The SMILES string of the molecule is CCC/C=C\C/C=C\CCCCCCCC(=O)OC(COCCCCCCCCCCCCCCCCCCCC)COP(=O)([O-])OCC[N+](C)(C)C. The van der Waals surface area contributed by atoms with Crippen molar-refractivity contribution in [3.63, 3.8) is 0 Å². The zero-order chi connectivity index (χ0) is 39.1. The Hall–Kier alpha value is -1.02. The van der Waals surface area contributed by atoms with Crippen LogP contribution in [-0.2, 0) is 27.9 Å². The Labute approximate surface area is 328 Å². The van der Waals surface area contributed by atoms with E-state index in [9.17, 15) is 14.3 Å². The molecular formula is C44H86NO7P. The van der Waals surface area contributed by atoms with Gasteiger partial charge in [-0.05, 0) is 38.5 Å². The predicted octanol–water partition coefficient (Wildman–Crippen LogP) is 12.2. The van der Waals surface area contributed by atoms with Crippen LogP contribution < -0.4 is 4.89 Å². The number of carbonyl (C=O) groups is 1. The lowest BCUT2D eigenvalue weighted by atomic mass is 10.0. The first-order chi connectivity index (χ1) is 25.6. The van der Waals surface area contributed by atoms with E-state index in [1.165, 1.54) is 109 Å². The Bertz CT molecular complexity index is 905. The fraction of sp³-hybridized carbons (Fsp3) is 0.886. The number of phosphoric acid groups is 1. The van der Waals surface area contributed by atoms with E-state index >= 15 is 0 Å². The highest BCUT2D eigenvalue weighted by Crippen LogP contribution is 2.38. The van der Waals surface area contributed by atoms with Crippen molar-refractivity contribution < 1.29 is 37.3 Å². The molecule has 2 unspecified atom stereocenters. The fourth-order valence-corrected chi connectivity index (χ4v) is 6.78. The zero-order valence-corrected chi connectivity index (χ0v) is 36.4. The highest BCUT2D eigenvalue weighted by Gasteiger charge is 2.20. The molecule has 0 rings (SSSR count). The second kappa shape index (κ2) is 37.9. The number of nitrogens with zero attached hydrogens (tertiary/aromatic N) is 1. The van der Waals surface area contributed by atoms with Crippen LogP contribution in [0.4, 0.5) is 0 Å². The predicted molar refractivity (Wildman–Crippen MR) is 222 cm³/mol. The highest BCUT2D eigenvalue weighted by molar-refractivity contribution is 7.45. The van der Waals surface area contributed by atoms with Gasteiger partial charge in [0, 0.05) is 13.0 Å². The second-order valence-electron chi connectivity index (χ2n) is 16.1. The highest BCUT2D eigenvalue weighted by atomic mass is 31.2. The maximum absolute atomic E-state index is 12.6. The number of esters is 1. The number of quaternary nitrogens is 1. The van der Waals surface area contributed by atoms with Crippen LogP contribution in [0.15, 0.2) is 24.3 Å². The molecule has 314 valence electrons. The number of rotatable bonds is 41. The van der Waals surface area contributed by atoms with Gasteiger partial charge in [0.05, 0.1) is 34.4 Å². The number of phosphoric ester groups is 1. The van der Waals surface area contributed by atoms with Gasteiger partial charge < -0.3 is 27.9 Å². The minimum Gasteiger partial charge on any atom is -0.756 e. The summed E-state index contributed by atoms with van der Waals surface area (Å²) in [5.41, 5.74) is 0. The molecule has 9 heteroatoms. The van der Waals surface area contributed by atoms with E-state index in [2.05, 4.69) is 38.2 Å². The molecule has 53 heavy (non-hydrogen) atoms. The number of carbonyl (C=O) groups excluding carboxylic acids is 1. The van der Waals surface area contributed by atoms with Gasteiger partial charge in [-0.15, -0.1) is 0 Å². The van der Waals surface area contributed by atoms with Gasteiger partial charge in [0.2, 0.25) is 0 Å². The number of ether oxygens (including phenoxy) is 2. The third-order valence-electron chi connectivity index (χ3n) is 9.49. The Morgan fingerprint density at radius 2 is 1.08 bits per heavy atom. The van der Waals surface area contributed by atoms with Gasteiger partial charge in [-0.2, -0.15) is 0 Å². The summed E-state index contributed by atoms with van der Waals surface area (Å²) in [4.78, 5) is 25.0. The number of hydrogen-bond acceptors (Lipinski definition) is 7. The number of hydrogen-bond donors (Lipinski definition) is 0. The molecule has 0 radical (unpaired) electrons. The summed E-state index contributed by atoms with van der Waals surface area (Å²) >= 11 is 0. The van der Waals surface area contributed by atoms with Gasteiger partial charge in [0.25, 0.3) is 7.82 Å². The van der Waals surface area contributed by atoms with Gasteiger partial charge in [-0.3, -0.25) is 9.36 Å². The van der Waals surface area contributed by atoms with E-state index in [0.29, 0.717) is 24.1 Å². The summed E-state index contributed by atoms with van der Waals surface area (Å²) in [5.74, 6) is -0.346. The van der Waals surface area contributed by atoms with E-state index in [-0.39, 0.29) is 25.8 Å². The Morgan fingerprint density at radius 3 is 1.60 bits per heavy atom. The van der Waals surface area contributed by atoms with E-state index in [0.717, 1.165) is 64.2 Å². The van der Waals surface area contributed by atoms with Crippen molar-refractivity contribution in [3.05, 3.63) is 24.3 Å². The lowest BCUT2D eigenvalue weighted by Gasteiger charge is -2.28. The molecule has 0 N–H and O–H groups in total. The first-order valence-corrected chi connectivity index (χ1v) is 23.5. The molecule has 8 nitrogen and oxygen atoms in total. The van der Waals surface area contributed by atoms with Crippen molar-refractivity contribution in [1.82, 2.24) is 0 Å². The molecule has 0 fully saturated rings. The zero-order valence-electron chi connectivity index (χ0n) is 35.5. The molecule has 0 aromatic carbocycles. The first-order valence-electron chi connectivity index (χ1n) is 22.1. The van der Waals surface area contributed by atoms with Crippen LogP contribution in [0.1, 0.15) is 194 Å². The minimum atomic E-state index is -4.52. The summed E-state index contributed by atoms with van der Waals surface area (Å²) in [6, 6.07) is 0. The summed E-state index contributed by atoms with van der Waals surface area (Å²) in [6.45, 7) is 5.36. The smallest absolute Gasteiger partial charge is 0.306 e. The number of likely N-dealkylation sites (N-methyl/N-ethyl adjacent to an activating group) is 1. The van der Waals surface area contributed by atoms with Crippen molar-refractivity contribution >= 4 is 13.8 Å². The lowest BCUT2D eigenvalue weighted by molar-refractivity contribution is -0.870. The first kappa shape index (κ1) is 52.0. The van der Waals surface area contributed by atoms with Crippen LogP contribution in [0, 0.1) is 0 Å². The molecule has 0 heterocycles. The van der Waals surface area contributed by atoms with E-state index in [4.69, 9.17) is 18.5 Å². The maximum atomic E-state index is 12.6. The molecular weight excluding hydrogens is 685 g/mol. The van der Waals surface area contributed by atoms with E-state index in [1.807, 2.05) is 21.1 Å². The molecule has 0 aromatic heterocycles. The van der Waals surface area contributed by atoms with Crippen LogP contribution in [0.25, 0.3) is 0 Å². The van der Waals surface area contributed by atoms with E-state index < -0.39 is 13.9 Å². The Morgan fingerprint density at radius 1 is 0.585 bits per heavy atom. The van der Waals surface area contributed by atoms with Gasteiger partial charge in [-0.1, -0.05) is 173 Å². The third-order valence-corrected chi connectivity index (χ3v) is 10.5. The molecule has 0 aliphatic rings. The van der Waals surface area contributed by atoms with Gasteiger partial charge in [0.15, 0.2) is 0 Å². The van der Waals surface area contributed by atoms with Crippen molar-refractivity contribution in [2.75, 3.05) is 54.1 Å². The maximum Gasteiger partial charge on any atom is 0.306 e. The van der Waals surface area contributed by atoms with Crippen LogP contribution in [0.3, 0.4) is 0 Å². The number of allylic oxidation sites excluding steroid dienone is 4. The monoisotopic (exact) mass is 772 g/mol. The van der Waals surface area contributed by atoms with Crippen LogP contribution >= 0.6 is 7.82 Å². The van der Waals surface area contributed by atoms with Gasteiger partial charge >= 0.3 is 5.97 Å². The molecule has 0 aliphatic carbocycles. The largest absolute Gasteiger partial charge is 0.756 e. The van der Waals surface area contributed by atoms with Crippen molar-refractivity contribution in [2.24, 2.45) is 0 Å². The van der Waals surface area contributed by atoms with Crippen molar-refractivity contribution in [2.45, 2.75) is 200 Å². The van der Waals surface area contributed by atoms with Gasteiger partial charge in [-0.25, -0.2) is 0 Å². The molecule has 0 bridgehead atoms. The molecule has 0 amide bonds. The summed E-state index contributed by atoms with van der Waals surface area (Å²) in [5, 5.41) is 0. The van der Waals surface area contributed by atoms with Crippen molar-refractivity contribution in [1.29, 1.82) is 0 Å². The standard InChI is InChI=1S/C44H86NO7P/c1-6-8-10-12-14-16-18-20-21-22-23-24-26-28-30-32-34-36-39-49-41-43(42-51-53(47,48)50-40-38-45(3,4)5)52-44(46)37-35-33-31-29-27-25-19-17-15-13-11-9-7-2/h11,13,17,19,43H,6-10,12,14-16,18,20-42H2,1-5H3/b13-11-,19-17-. The molecule has 0 aromatic rings. The normalized spacial score (nSPS) is 14.0. The average Bonchev–Trinajstić information content (AvgIpc) is 3.11. The third kappa shape index (κ3) is 42.0. The molecule has 0 spiro atoms. The Kier molecular flexibility index (Phi) is 37.2. The summed E-state index contributed by atoms with van der Waals surface area (Å²) in [7, 11) is 1.35. The average molecular weight is 772 g/mol.